The highest BCUT2D eigenvalue weighted by atomic mass is 16.2. The van der Waals surface area contributed by atoms with Crippen LogP contribution < -0.4 is 5.32 Å². The summed E-state index contributed by atoms with van der Waals surface area (Å²) in [6.45, 7) is 1.70. The Balaban J connectivity index is 1.32. The molecular weight excluding hydrogens is 330 g/mol. The van der Waals surface area contributed by atoms with Crippen molar-refractivity contribution in [2.24, 2.45) is 5.92 Å². The average molecular weight is 353 g/mol. The number of hydrogen-bond donors (Lipinski definition) is 2. The first-order chi connectivity index (χ1) is 12.7. The number of rotatable bonds is 3. The molecule has 1 aliphatic carbocycles. The second kappa shape index (κ2) is 6.05. The van der Waals surface area contributed by atoms with Crippen molar-refractivity contribution in [1.82, 2.24) is 35.0 Å². The minimum absolute atomic E-state index is 0.167. The van der Waals surface area contributed by atoms with Gasteiger partial charge in [-0.2, -0.15) is 0 Å². The molecule has 3 aromatic rings. The Morgan fingerprint density at radius 2 is 2.08 bits per heavy atom. The molecule has 5 rings (SSSR count). The molecule has 1 amide bonds. The van der Waals surface area contributed by atoms with E-state index in [1.165, 1.54) is 0 Å². The molecule has 3 aromatic heterocycles. The van der Waals surface area contributed by atoms with Crippen LogP contribution >= 0.6 is 0 Å². The summed E-state index contributed by atoms with van der Waals surface area (Å²) in [5.41, 5.74) is 2.95. The number of fused-ring (bicyclic) bond motifs is 3. The van der Waals surface area contributed by atoms with Gasteiger partial charge in [0.1, 0.15) is 17.5 Å². The number of amides is 1. The van der Waals surface area contributed by atoms with Crippen LogP contribution in [0.15, 0.2) is 18.6 Å². The molecule has 8 heteroatoms. The molecule has 1 saturated heterocycles. The highest BCUT2D eigenvalue weighted by molar-refractivity contribution is 5.92. The molecule has 1 aliphatic heterocycles. The van der Waals surface area contributed by atoms with Crippen molar-refractivity contribution in [3.05, 3.63) is 24.3 Å². The number of hydrogen-bond acceptors (Lipinski definition) is 5. The van der Waals surface area contributed by atoms with E-state index in [4.69, 9.17) is 0 Å². The molecule has 136 valence electrons. The fraction of sp³-hybridized carbons (Fsp3) is 0.556. The van der Waals surface area contributed by atoms with E-state index < -0.39 is 0 Å². The summed E-state index contributed by atoms with van der Waals surface area (Å²) in [6.07, 6.45) is 7.46. The summed E-state index contributed by atoms with van der Waals surface area (Å²) in [7, 11) is 1.96. The number of aromatic amines is 1. The van der Waals surface area contributed by atoms with Crippen LogP contribution in [-0.2, 0) is 4.79 Å². The van der Waals surface area contributed by atoms with E-state index in [9.17, 15) is 4.79 Å². The Labute approximate surface area is 151 Å². The fourth-order valence-corrected chi connectivity index (χ4v) is 4.41. The van der Waals surface area contributed by atoms with Gasteiger partial charge in [-0.25, -0.2) is 9.50 Å². The summed E-state index contributed by atoms with van der Waals surface area (Å²) < 4.78 is 1.76. The van der Waals surface area contributed by atoms with Crippen molar-refractivity contribution in [1.29, 1.82) is 0 Å². The van der Waals surface area contributed by atoms with E-state index >= 15 is 0 Å². The zero-order chi connectivity index (χ0) is 17.7. The average Bonchev–Trinajstić information content (AvgIpc) is 3.27. The summed E-state index contributed by atoms with van der Waals surface area (Å²) in [4.78, 5) is 22.1. The monoisotopic (exact) mass is 353 g/mol. The number of aromatic nitrogens is 5. The number of H-pyrrole nitrogens is 1. The smallest absolute Gasteiger partial charge is 0.225 e. The highest BCUT2D eigenvalue weighted by Crippen LogP contribution is 2.38. The summed E-state index contributed by atoms with van der Waals surface area (Å²) in [5.74, 6) is 0.860. The van der Waals surface area contributed by atoms with Crippen molar-refractivity contribution in [2.45, 2.75) is 37.6 Å². The van der Waals surface area contributed by atoms with Crippen molar-refractivity contribution in [3.63, 3.8) is 0 Å². The summed E-state index contributed by atoms with van der Waals surface area (Å²) >= 11 is 0. The van der Waals surface area contributed by atoms with Crippen molar-refractivity contribution < 1.29 is 4.79 Å². The van der Waals surface area contributed by atoms with E-state index in [0.29, 0.717) is 17.9 Å². The van der Waals surface area contributed by atoms with Crippen molar-refractivity contribution >= 4 is 22.5 Å². The lowest BCUT2D eigenvalue weighted by Gasteiger charge is -2.42. The molecule has 4 heterocycles. The largest absolute Gasteiger partial charge is 0.346 e. The SMILES string of the molecule is CNC1CN(C(=O)C2CCC(c3nnn4cnc5[nH]ccc5c34)CC2)C1. The van der Waals surface area contributed by atoms with Crippen LogP contribution in [0.2, 0.25) is 0 Å². The molecule has 2 fully saturated rings. The Kier molecular flexibility index (Phi) is 3.66. The maximum Gasteiger partial charge on any atom is 0.225 e. The number of carbonyl (C=O) groups is 1. The molecule has 1 saturated carbocycles. The number of nitrogens with one attached hydrogen (secondary N) is 2. The molecule has 2 aliphatic rings. The maximum absolute atomic E-state index is 12.6. The first-order valence-corrected chi connectivity index (χ1v) is 9.37. The van der Waals surface area contributed by atoms with Gasteiger partial charge in [-0.15, -0.1) is 5.10 Å². The molecule has 2 N–H and O–H groups in total. The third-order valence-electron chi connectivity index (χ3n) is 6.06. The van der Waals surface area contributed by atoms with Crippen LogP contribution in [0, 0.1) is 5.92 Å². The van der Waals surface area contributed by atoms with Gasteiger partial charge >= 0.3 is 0 Å². The van der Waals surface area contributed by atoms with E-state index in [-0.39, 0.29) is 5.92 Å². The predicted octanol–water partition coefficient (Wildman–Crippen LogP) is 1.31. The van der Waals surface area contributed by atoms with Gasteiger partial charge in [-0.3, -0.25) is 4.79 Å². The Morgan fingerprint density at radius 1 is 1.27 bits per heavy atom. The lowest BCUT2D eigenvalue weighted by atomic mass is 9.79. The first kappa shape index (κ1) is 15.7. The van der Waals surface area contributed by atoms with E-state index in [0.717, 1.165) is 61.0 Å². The van der Waals surface area contributed by atoms with Gasteiger partial charge in [0.15, 0.2) is 0 Å². The zero-order valence-corrected chi connectivity index (χ0v) is 14.9. The topological polar surface area (TPSA) is 91.2 Å². The van der Waals surface area contributed by atoms with E-state index in [1.54, 1.807) is 10.8 Å². The number of nitrogens with zero attached hydrogens (tertiary/aromatic N) is 5. The zero-order valence-electron chi connectivity index (χ0n) is 14.9. The number of likely N-dealkylation sites (tertiary alicyclic amines) is 1. The van der Waals surface area contributed by atoms with Crippen LogP contribution in [-0.4, -0.2) is 61.8 Å². The molecule has 0 unspecified atom stereocenters. The molecule has 0 aromatic carbocycles. The van der Waals surface area contributed by atoms with Crippen LogP contribution in [0.1, 0.15) is 37.3 Å². The van der Waals surface area contributed by atoms with Crippen LogP contribution in [0.25, 0.3) is 16.6 Å². The molecule has 0 atom stereocenters. The minimum Gasteiger partial charge on any atom is -0.346 e. The number of carbonyl (C=O) groups excluding carboxylic acids is 1. The van der Waals surface area contributed by atoms with Crippen LogP contribution in [0.4, 0.5) is 0 Å². The van der Waals surface area contributed by atoms with Crippen molar-refractivity contribution in [2.75, 3.05) is 20.1 Å². The van der Waals surface area contributed by atoms with E-state index in [1.807, 2.05) is 24.2 Å². The number of likely N-dealkylation sites (N-methyl/N-ethyl adjacent to an activating group) is 1. The summed E-state index contributed by atoms with van der Waals surface area (Å²) in [6, 6.07) is 2.50. The van der Waals surface area contributed by atoms with Crippen LogP contribution in [0.5, 0.6) is 0 Å². The van der Waals surface area contributed by atoms with Gasteiger partial charge in [0.25, 0.3) is 0 Å². The van der Waals surface area contributed by atoms with Gasteiger partial charge in [-0.05, 0) is 38.8 Å². The second-order valence-electron chi connectivity index (χ2n) is 7.53. The van der Waals surface area contributed by atoms with Crippen molar-refractivity contribution in [3.8, 4) is 0 Å². The first-order valence-electron chi connectivity index (χ1n) is 9.37. The maximum atomic E-state index is 12.6. The molecule has 0 bridgehead atoms. The third-order valence-corrected chi connectivity index (χ3v) is 6.06. The quantitative estimate of drug-likeness (QED) is 0.741. The normalized spacial score (nSPS) is 24.3. The molecule has 0 radical (unpaired) electrons. The van der Waals surface area contributed by atoms with Gasteiger partial charge in [0, 0.05) is 42.6 Å². The molecule has 8 nitrogen and oxygen atoms in total. The highest BCUT2D eigenvalue weighted by Gasteiger charge is 2.36. The Morgan fingerprint density at radius 3 is 2.85 bits per heavy atom. The Bertz CT molecular complexity index is 947. The van der Waals surface area contributed by atoms with Gasteiger partial charge in [0.05, 0.1) is 5.69 Å². The Hall–Kier alpha value is -2.48. The van der Waals surface area contributed by atoms with Gasteiger partial charge < -0.3 is 15.2 Å². The third kappa shape index (κ3) is 2.39. The van der Waals surface area contributed by atoms with Crippen LogP contribution in [0.3, 0.4) is 0 Å². The second-order valence-corrected chi connectivity index (χ2v) is 7.53. The molecular formula is C18H23N7O. The van der Waals surface area contributed by atoms with Gasteiger partial charge in [0.2, 0.25) is 5.91 Å². The standard InChI is InChI=1S/C18H23N7O/c1-19-13-8-24(9-13)18(26)12-4-2-11(3-5-12)15-16-14-6-7-20-17(14)21-10-25(16)23-22-15/h6-7,10-13,19-20H,2-5,8-9H2,1H3. The fourth-order valence-electron chi connectivity index (χ4n) is 4.41. The van der Waals surface area contributed by atoms with Gasteiger partial charge in [-0.1, -0.05) is 5.21 Å². The minimum atomic E-state index is 0.167. The molecule has 0 spiro atoms. The lowest BCUT2D eigenvalue weighted by molar-refractivity contribution is -0.141. The predicted molar refractivity (Wildman–Crippen MR) is 96.8 cm³/mol. The summed E-state index contributed by atoms with van der Waals surface area (Å²) in [5, 5.41) is 13.0. The lowest BCUT2D eigenvalue weighted by Crippen LogP contribution is -2.60. The van der Waals surface area contributed by atoms with E-state index in [2.05, 4.69) is 25.6 Å². The molecule has 26 heavy (non-hydrogen) atoms.